The molecule has 2 aromatic carbocycles. The third-order valence-corrected chi connectivity index (χ3v) is 8.49. The largest absolute Gasteiger partial charge is 0.448 e. The van der Waals surface area contributed by atoms with Gasteiger partial charge in [0, 0.05) is 34.9 Å². The van der Waals surface area contributed by atoms with E-state index >= 15 is 8.78 Å². The normalized spacial score (nSPS) is 12.7. The van der Waals surface area contributed by atoms with Gasteiger partial charge in [0.25, 0.3) is 0 Å². The predicted octanol–water partition coefficient (Wildman–Crippen LogP) is 7.33. The monoisotopic (exact) mass is 717 g/mol. The molecule has 14 heteroatoms. The molecule has 1 N–H and O–H groups in total. The van der Waals surface area contributed by atoms with Gasteiger partial charge in [0.15, 0.2) is 13.5 Å². The topological polar surface area (TPSA) is 128 Å². The van der Waals surface area contributed by atoms with Crippen molar-refractivity contribution in [2.75, 3.05) is 13.3 Å². The minimum Gasteiger partial charge on any atom is -0.448 e. The molecular formula is C35H38ClF2N3O7S. The van der Waals surface area contributed by atoms with E-state index < -0.39 is 63.7 Å². The zero-order valence-electron chi connectivity index (χ0n) is 28.0. The van der Waals surface area contributed by atoms with E-state index in [9.17, 15) is 23.1 Å². The Hall–Kier alpha value is -4.04. The lowest BCUT2D eigenvalue weighted by atomic mass is 9.97. The van der Waals surface area contributed by atoms with E-state index in [1.807, 2.05) is 0 Å². The summed E-state index contributed by atoms with van der Waals surface area (Å²) in [6.07, 6.45) is 3.00. The zero-order valence-corrected chi connectivity index (χ0v) is 29.6. The van der Waals surface area contributed by atoms with Gasteiger partial charge in [-0.15, -0.1) is 0 Å². The van der Waals surface area contributed by atoms with Gasteiger partial charge in [-0.25, -0.2) is 18.0 Å². The molecule has 0 aliphatic heterocycles. The fourth-order valence-electron chi connectivity index (χ4n) is 4.71. The first-order valence-electron chi connectivity index (χ1n) is 15.3. The first-order chi connectivity index (χ1) is 22.9. The maximum absolute atomic E-state index is 16.0. The second-order valence-corrected chi connectivity index (χ2v) is 14.9. The summed E-state index contributed by atoms with van der Waals surface area (Å²) in [6, 6.07) is 10.8. The molecule has 262 valence electrons. The maximum atomic E-state index is 16.0. The second-order valence-electron chi connectivity index (χ2n) is 13.5. The van der Waals surface area contributed by atoms with Crippen LogP contribution in [0.5, 0.6) is 0 Å². The van der Waals surface area contributed by atoms with E-state index in [-0.39, 0.29) is 48.3 Å². The minimum atomic E-state index is -2.49. The fraction of sp³-hybridized carbons (Fsp3) is 0.371. The van der Waals surface area contributed by atoms with Crippen molar-refractivity contribution in [2.24, 2.45) is 10.8 Å². The van der Waals surface area contributed by atoms with Crippen molar-refractivity contribution in [3.05, 3.63) is 88.2 Å². The number of hydrogen-bond acceptors (Lipinski definition) is 7. The highest BCUT2D eigenvalue weighted by Gasteiger charge is 2.28. The minimum absolute atomic E-state index is 0.00271. The molecule has 0 fully saturated rings. The Balaban J connectivity index is 1.65. The number of ketones is 1. The summed E-state index contributed by atoms with van der Waals surface area (Å²) in [5.41, 5.74) is -0.884. The van der Waals surface area contributed by atoms with Crippen LogP contribution in [0, 0.1) is 22.5 Å². The molecule has 0 amide bonds. The van der Waals surface area contributed by atoms with Crippen LogP contribution in [0.1, 0.15) is 69.4 Å². The van der Waals surface area contributed by atoms with Gasteiger partial charge in [-0.05, 0) is 89.8 Å². The Morgan fingerprint density at radius 3 is 2.20 bits per heavy atom. The van der Waals surface area contributed by atoms with E-state index in [0.29, 0.717) is 10.6 Å². The molecule has 2 aromatic heterocycles. The van der Waals surface area contributed by atoms with Gasteiger partial charge in [0.2, 0.25) is 17.0 Å². The summed E-state index contributed by atoms with van der Waals surface area (Å²) in [5.74, 6) is -4.19. The molecule has 0 spiro atoms. The summed E-state index contributed by atoms with van der Waals surface area (Å²) in [7, 11) is 0. The van der Waals surface area contributed by atoms with Crippen molar-refractivity contribution in [3.63, 3.8) is 0 Å². The van der Waals surface area contributed by atoms with Gasteiger partial charge in [-0.2, -0.15) is 4.31 Å². The third-order valence-electron chi connectivity index (χ3n) is 7.51. The molecule has 4 rings (SSSR count). The van der Waals surface area contributed by atoms with Crippen LogP contribution < -0.4 is 0 Å². The van der Waals surface area contributed by atoms with Crippen LogP contribution in [0.25, 0.3) is 22.2 Å². The Kier molecular flexibility index (Phi) is 11.7. The number of carbonyl (C=O) groups is 3. The summed E-state index contributed by atoms with van der Waals surface area (Å²) < 4.78 is 65.7. The van der Waals surface area contributed by atoms with Crippen LogP contribution in [0.2, 0.25) is 5.02 Å². The Bertz CT molecular complexity index is 1900. The van der Waals surface area contributed by atoms with E-state index in [1.165, 1.54) is 16.8 Å². The predicted molar refractivity (Wildman–Crippen MR) is 182 cm³/mol. The number of ether oxygens (including phenoxy) is 2. The number of benzene rings is 2. The Morgan fingerprint density at radius 1 is 0.959 bits per heavy atom. The van der Waals surface area contributed by atoms with E-state index in [4.69, 9.17) is 21.1 Å². The van der Waals surface area contributed by atoms with Crippen LogP contribution in [0.3, 0.4) is 0 Å². The van der Waals surface area contributed by atoms with Crippen molar-refractivity contribution < 1.29 is 41.4 Å². The number of nitrogens with zero attached hydrogens (tertiary/aromatic N) is 3. The first kappa shape index (κ1) is 37.8. The highest BCUT2D eigenvalue weighted by molar-refractivity contribution is 7.76. The number of aromatic nitrogens is 2. The van der Waals surface area contributed by atoms with Crippen LogP contribution in [-0.4, -0.2) is 53.6 Å². The van der Waals surface area contributed by atoms with Gasteiger partial charge < -0.3 is 9.47 Å². The van der Waals surface area contributed by atoms with Crippen molar-refractivity contribution in [2.45, 2.75) is 61.1 Å². The summed E-state index contributed by atoms with van der Waals surface area (Å²) in [4.78, 5) is 43.1. The van der Waals surface area contributed by atoms with Crippen molar-refractivity contribution >= 4 is 51.6 Å². The standard InChI is InChI=1S/C35H38ClF2N3O7S/c1-34(2,3)32(43)47-19-40-18-26(25-16-23(17-39-31(25)40)21-9-12-24(36)13-10-21)30(42)28-27(37)14-11-22(29(28)38)8-7-15-41(49(45)46)20-48-33(44)35(4,5)6/h9-14,16-18H,7-8,15,19-20H2,1-6H3,(H,45,46). The van der Waals surface area contributed by atoms with Crippen LogP contribution in [-0.2, 0) is 43.5 Å². The number of fused-ring (bicyclic) bond motifs is 1. The molecule has 4 aromatic rings. The highest BCUT2D eigenvalue weighted by atomic mass is 35.5. The number of aryl methyl sites for hydroxylation is 1. The Morgan fingerprint density at radius 2 is 1.59 bits per heavy atom. The molecule has 0 aliphatic carbocycles. The van der Waals surface area contributed by atoms with Crippen molar-refractivity contribution in [1.82, 2.24) is 13.9 Å². The van der Waals surface area contributed by atoms with Gasteiger partial charge >= 0.3 is 11.9 Å². The third kappa shape index (κ3) is 9.15. The first-order valence-corrected chi connectivity index (χ1v) is 16.8. The number of pyridine rings is 1. The molecule has 0 saturated heterocycles. The fourth-order valence-corrected chi connectivity index (χ4v) is 5.26. The van der Waals surface area contributed by atoms with Crippen molar-refractivity contribution in [3.8, 4) is 11.1 Å². The quantitative estimate of drug-likeness (QED) is 0.0699. The molecule has 0 saturated carbocycles. The lowest BCUT2D eigenvalue weighted by Gasteiger charge is -2.21. The molecular weight excluding hydrogens is 680 g/mol. The lowest BCUT2D eigenvalue weighted by molar-refractivity contribution is -0.157. The average Bonchev–Trinajstić information content (AvgIpc) is 3.39. The zero-order chi connectivity index (χ0) is 36.3. The molecule has 1 atom stereocenters. The molecule has 2 heterocycles. The Labute approximate surface area is 290 Å². The number of carbonyl (C=O) groups excluding carboxylic acids is 3. The smallest absolute Gasteiger partial charge is 0.312 e. The van der Waals surface area contributed by atoms with E-state index in [0.717, 1.165) is 15.9 Å². The van der Waals surface area contributed by atoms with Crippen LogP contribution >= 0.6 is 11.6 Å². The summed E-state index contributed by atoms with van der Waals surface area (Å²) >= 11 is 3.56. The van der Waals surface area contributed by atoms with E-state index in [1.54, 1.807) is 78.1 Å². The average molecular weight is 718 g/mol. The van der Waals surface area contributed by atoms with Gasteiger partial charge in [0.1, 0.15) is 17.3 Å². The summed E-state index contributed by atoms with van der Waals surface area (Å²) in [6.45, 7) is 9.16. The molecule has 49 heavy (non-hydrogen) atoms. The van der Waals surface area contributed by atoms with Crippen molar-refractivity contribution in [1.29, 1.82) is 0 Å². The lowest BCUT2D eigenvalue weighted by Crippen LogP contribution is -2.34. The van der Waals surface area contributed by atoms with Gasteiger partial charge in [-0.1, -0.05) is 29.8 Å². The number of esters is 2. The van der Waals surface area contributed by atoms with Gasteiger partial charge in [-0.3, -0.25) is 23.5 Å². The summed E-state index contributed by atoms with van der Waals surface area (Å²) in [5, 5.41) is 0.798. The molecule has 0 bridgehead atoms. The molecule has 0 radical (unpaired) electrons. The van der Waals surface area contributed by atoms with Gasteiger partial charge in [0.05, 0.1) is 22.0 Å². The number of hydrogen-bond donors (Lipinski definition) is 1. The maximum Gasteiger partial charge on any atom is 0.312 e. The van der Waals surface area contributed by atoms with E-state index in [2.05, 4.69) is 4.98 Å². The second kappa shape index (κ2) is 15.2. The van der Waals surface area contributed by atoms with Crippen LogP contribution in [0.15, 0.2) is 54.9 Å². The SMILES string of the molecule is CC(C)(C)C(=O)OCN(CCCc1ccc(F)c(C(=O)c2cn(COC(=O)C(C)(C)C)c3ncc(-c4ccc(Cl)cc4)cc23)c1F)S(=O)O. The highest BCUT2D eigenvalue weighted by Crippen LogP contribution is 2.31. The number of rotatable bonds is 12. The molecule has 0 aliphatic rings. The molecule has 1 unspecified atom stereocenters. The molecule has 10 nitrogen and oxygen atoms in total. The number of halogens is 3. The van der Waals surface area contributed by atoms with Crippen LogP contribution in [0.4, 0.5) is 8.78 Å².